The first-order valence-electron chi connectivity index (χ1n) is 9.58. The molecular weight excluding hydrogens is 336 g/mol. The van der Waals surface area contributed by atoms with Crippen molar-refractivity contribution in [3.05, 3.63) is 65.2 Å². The fraction of sp³-hybridized carbons (Fsp3) is 0.318. The Kier molecular flexibility index (Phi) is 11.2. The zero-order chi connectivity index (χ0) is 21.0. The second kappa shape index (κ2) is 12.5. The highest BCUT2D eigenvalue weighted by atomic mass is 16.1. The van der Waals surface area contributed by atoms with Crippen LogP contribution in [0.5, 0.6) is 0 Å². The van der Waals surface area contributed by atoms with Crippen molar-refractivity contribution in [1.82, 2.24) is 5.01 Å². The van der Waals surface area contributed by atoms with Gasteiger partial charge in [0.25, 0.3) is 5.91 Å². The van der Waals surface area contributed by atoms with Gasteiger partial charge in [-0.05, 0) is 12.1 Å². The maximum atomic E-state index is 12.4. The normalized spacial score (nSPS) is 14.0. The van der Waals surface area contributed by atoms with Crippen LogP contribution >= 0.6 is 0 Å². The van der Waals surface area contributed by atoms with E-state index in [0.29, 0.717) is 28.2 Å². The number of carbonyl (C=O) groups is 1. The molecule has 0 bridgehead atoms. The van der Waals surface area contributed by atoms with E-state index in [4.69, 9.17) is 11.6 Å². The molecule has 5 nitrogen and oxygen atoms in total. The van der Waals surface area contributed by atoms with Crippen LogP contribution in [0, 0.1) is 0 Å². The van der Waals surface area contributed by atoms with Gasteiger partial charge in [-0.3, -0.25) is 4.79 Å². The smallest absolute Gasteiger partial charge is 0.256 e. The average Bonchev–Trinajstić information content (AvgIpc) is 2.72. The molecule has 0 saturated carbocycles. The molecule has 27 heavy (non-hydrogen) atoms. The van der Waals surface area contributed by atoms with E-state index in [2.05, 4.69) is 5.32 Å². The van der Waals surface area contributed by atoms with E-state index in [-0.39, 0.29) is 5.91 Å². The minimum Gasteiger partial charge on any atom is -0.396 e. The molecule has 1 heterocycles. The fourth-order valence-electron chi connectivity index (χ4n) is 2.56. The summed E-state index contributed by atoms with van der Waals surface area (Å²) in [4.78, 5) is 12.4. The second-order valence-corrected chi connectivity index (χ2v) is 4.92. The maximum absolute atomic E-state index is 12.4. The van der Waals surface area contributed by atoms with E-state index in [1.165, 1.54) is 5.01 Å². The second-order valence-electron chi connectivity index (χ2n) is 4.92. The van der Waals surface area contributed by atoms with Crippen molar-refractivity contribution in [2.24, 2.45) is 11.6 Å². The van der Waals surface area contributed by atoms with Gasteiger partial charge in [-0.2, -0.15) is 0 Å². The summed E-state index contributed by atoms with van der Waals surface area (Å²) >= 11 is 0. The third-order valence-corrected chi connectivity index (χ3v) is 3.50. The first kappa shape index (κ1) is 24.2. The number of hydrogen-bond donors (Lipinski definition) is 3. The van der Waals surface area contributed by atoms with Crippen molar-refractivity contribution in [2.75, 3.05) is 12.4 Å². The Labute approximate surface area is 164 Å². The lowest BCUT2D eigenvalue weighted by atomic mass is 9.97. The maximum Gasteiger partial charge on any atom is 0.256 e. The van der Waals surface area contributed by atoms with Crippen molar-refractivity contribution in [3.8, 4) is 0 Å². The van der Waals surface area contributed by atoms with Crippen molar-refractivity contribution < 1.29 is 4.79 Å². The van der Waals surface area contributed by atoms with Crippen molar-refractivity contribution >= 4 is 23.0 Å². The Balaban J connectivity index is 0.00000103. The molecule has 0 radical (unpaired) electrons. The molecule has 0 spiro atoms. The predicted molar refractivity (Wildman–Crippen MR) is 118 cm³/mol. The Morgan fingerprint density at radius 3 is 1.74 bits per heavy atom. The molecule has 148 valence electrons. The van der Waals surface area contributed by atoms with Crippen LogP contribution in [0.3, 0.4) is 0 Å². The van der Waals surface area contributed by atoms with Gasteiger partial charge in [0.1, 0.15) is 0 Å². The molecule has 5 heteroatoms. The summed E-state index contributed by atoms with van der Waals surface area (Å²) in [5.41, 5.74) is 10.2. The van der Waals surface area contributed by atoms with Gasteiger partial charge in [0.05, 0.1) is 17.1 Å². The Bertz CT molecular complexity index is 751. The molecule has 1 amide bonds. The predicted octanol–water partition coefficient (Wildman–Crippen LogP) is 4.92. The van der Waals surface area contributed by atoms with Gasteiger partial charge < -0.3 is 16.1 Å². The highest BCUT2D eigenvalue weighted by Gasteiger charge is 2.23. The van der Waals surface area contributed by atoms with Crippen LogP contribution in [-0.2, 0) is 0 Å². The molecule has 1 aliphatic heterocycles. The standard InChI is InChI=1S/C16H16N4O.3C2H6/c1-20(18)15-12-8-4-5-9-13(12)19-16(21)11-7-3-2-6-10(11)14(15)17;3*1-2/h2-9H,17-18H2,1H3,(H,19,21);3*1-2H3. The van der Waals surface area contributed by atoms with Gasteiger partial charge in [0.15, 0.2) is 0 Å². The SMILES string of the molecule is CC.CC.CC.CN(N)/C1=C(\N)c2ccccc2C(=O)Nc2ccccc21. The Morgan fingerprint density at radius 1 is 0.778 bits per heavy atom. The van der Waals surface area contributed by atoms with Crippen LogP contribution in [0.25, 0.3) is 11.4 Å². The third kappa shape index (κ3) is 5.59. The number of fused-ring (bicyclic) bond motifs is 2. The van der Waals surface area contributed by atoms with Crippen molar-refractivity contribution in [3.63, 3.8) is 0 Å². The molecule has 3 rings (SSSR count). The molecule has 0 aliphatic carbocycles. The van der Waals surface area contributed by atoms with Gasteiger partial charge in [-0.15, -0.1) is 0 Å². The number of nitrogens with one attached hydrogen (secondary N) is 1. The molecular formula is C22H34N4O. The van der Waals surface area contributed by atoms with E-state index >= 15 is 0 Å². The molecule has 2 aromatic rings. The summed E-state index contributed by atoms with van der Waals surface area (Å²) in [7, 11) is 1.73. The zero-order valence-electron chi connectivity index (χ0n) is 17.6. The summed E-state index contributed by atoms with van der Waals surface area (Å²) < 4.78 is 0. The van der Waals surface area contributed by atoms with E-state index in [9.17, 15) is 4.79 Å². The summed E-state index contributed by atoms with van der Waals surface area (Å²) in [6, 6.07) is 14.7. The first-order chi connectivity index (χ1) is 13.1. The van der Waals surface area contributed by atoms with E-state index in [1.807, 2.05) is 84.0 Å². The first-order valence-corrected chi connectivity index (χ1v) is 9.58. The van der Waals surface area contributed by atoms with Crippen LogP contribution in [0.4, 0.5) is 5.69 Å². The molecule has 0 aromatic heterocycles. The number of anilines is 1. The number of amides is 1. The van der Waals surface area contributed by atoms with Gasteiger partial charge in [0, 0.05) is 23.7 Å². The number of para-hydroxylation sites is 1. The quantitative estimate of drug-likeness (QED) is 0.491. The van der Waals surface area contributed by atoms with E-state index in [0.717, 1.165) is 5.56 Å². The Hall–Kier alpha value is -2.79. The number of hydrogen-bond acceptors (Lipinski definition) is 4. The molecule has 5 N–H and O–H groups in total. The average molecular weight is 371 g/mol. The summed E-state index contributed by atoms with van der Waals surface area (Å²) in [5, 5.41) is 4.39. The van der Waals surface area contributed by atoms with Crippen LogP contribution in [-0.4, -0.2) is 18.0 Å². The summed E-state index contributed by atoms with van der Waals surface area (Å²) in [6.45, 7) is 12.0. The highest BCUT2D eigenvalue weighted by molar-refractivity contribution is 6.12. The van der Waals surface area contributed by atoms with Crippen LogP contribution < -0.4 is 16.9 Å². The number of carbonyl (C=O) groups excluding carboxylic acids is 1. The lowest BCUT2D eigenvalue weighted by Crippen LogP contribution is -2.29. The molecule has 0 unspecified atom stereocenters. The topological polar surface area (TPSA) is 84.4 Å². The molecule has 0 atom stereocenters. The number of nitrogens with two attached hydrogens (primary N) is 2. The summed E-state index contributed by atoms with van der Waals surface area (Å²) in [6.07, 6.45) is 0. The van der Waals surface area contributed by atoms with Gasteiger partial charge in [-0.25, -0.2) is 5.84 Å². The number of hydrazine groups is 1. The molecule has 1 aliphatic rings. The van der Waals surface area contributed by atoms with Crippen LogP contribution in [0.1, 0.15) is 63.0 Å². The van der Waals surface area contributed by atoms with Gasteiger partial charge in [-0.1, -0.05) is 77.9 Å². The zero-order valence-corrected chi connectivity index (χ0v) is 17.6. The number of benzene rings is 2. The van der Waals surface area contributed by atoms with Crippen molar-refractivity contribution in [2.45, 2.75) is 41.5 Å². The lowest BCUT2D eigenvalue weighted by Gasteiger charge is -2.25. The third-order valence-electron chi connectivity index (χ3n) is 3.50. The minimum absolute atomic E-state index is 0.181. The summed E-state index contributed by atoms with van der Waals surface area (Å²) in [5.74, 6) is 5.79. The molecule has 0 saturated heterocycles. The van der Waals surface area contributed by atoms with E-state index in [1.54, 1.807) is 13.1 Å². The highest BCUT2D eigenvalue weighted by Crippen LogP contribution is 2.33. The lowest BCUT2D eigenvalue weighted by molar-refractivity contribution is 0.102. The monoisotopic (exact) mass is 370 g/mol. The van der Waals surface area contributed by atoms with E-state index < -0.39 is 0 Å². The largest absolute Gasteiger partial charge is 0.396 e. The molecule has 0 fully saturated rings. The Morgan fingerprint density at radius 2 is 1.22 bits per heavy atom. The van der Waals surface area contributed by atoms with Crippen molar-refractivity contribution in [1.29, 1.82) is 0 Å². The van der Waals surface area contributed by atoms with Gasteiger partial charge >= 0.3 is 0 Å². The van der Waals surface area contributed by atoms with Crippen LogP contribution in [0.2, 0.25) is 0 Å². The number of rotatable bonds is 1. The fourth-order valence-corrected chi connectivity index (χ4v) is 2.56. The van der Waals surface area contributed by atoms with Gasteiger partial charge in [0.2, 0.25) is 0 Å². The minimum atomic E-state index is -0.181. The molecule has 2 aromatic carbocycles. The number of nitrogens with zero attached hydrogens (tertiary/aromatic N) is 1. The van der Waals surface area contributed by atoms with Crippen LogP contribution in [0.15, 0.2) is 48.5 Å².